The molecule has 3 aromatic rings. The van der Waals surface area contributed by atoms with Gasteiger partial charge in [0.05, 0.1) is 36.8 Å². The quantitative estimate of drug-likeness (QED) is 0.474. The lowest BCUT2D eigenvalue weighted by Gasteiger charge is -2.36. The molecule has 0 unspecified atom stereocenters. The molecule has 2 N–H and O–H groups in total. The van der Waals surface area contributed by atoms with Crippen molar-refractivity contribution in [1.82, 2.24) is 9.88 Å². The molecule has 36 heavy (non-hydrogen) atoms. The third-order valence-electron chi connectivity index (χ3n) is 6.79. The number of fused-ring (bicyclic) bond motifs is 1. The smallest absolute Gasteiger partial charge is 0.308 e. The Balaban J connectivity index is 1.39. The molecular formula is C28H28F2N2O4. The minimum Gasteiger partial charge on any atom is -0.497 e. The van der Waals surface area contributed by atoms with Gasteiger partial charge in [-0.3, -0.25) is 14.7 Å². The summed E-state index contributed by atoms with van der Waals surface area (Å²) in [7, 11) is 1.58. The number of rotatable bonds is 7. The molecule has 0 aliphatic carbocycles. The highest BCUT2D eigenvalue weighted by Crippen LogP contribution is 2.33. The van der Waals surface area contributed by atoms with Gasteiger partial charge in [0.15, 0.2) is 0 Å². The molecule has 1 saturated heterocycles. The van der Waals surface area contributed by atoms with E-state index in [1.807, 2.05) is 23.1 Å². The lowest BCUT2D eigenvalue weighted by Crippen LogP contribution is -2.44. The summed E-state index contributed by atoms with van der Waals surface area (Å²) >= 11 is 0. The number of likely N-dealkylation sites (tertiary alicyclic amines) is 1. The van der Waals surface area contributed by atoms with Crippen LogP contribution < -0.4 is 4.74 Å². The number of piperidine rings is 1. The highest BCUT2D eigenvalue weighted by Gasteiger charge is 2.34. The summed E-state index contributed by atoms with van der Waals surface area (Å²) in [6.45, 7) is 1.13. The summed E-state index contributed by atoms with van der Waals surface area (Å²) in [4.78, 5) is 18.2. The van der Waals surface area contributed by atoms with E-state index in [0.29, 0.717) is 38.1 Å². The van der Waals surface area contributed by atoms with Crippen molar-refractivity contribution in [2.75, 3.05) is 26.7 Å². The molecule has 1 aliphatic rings. The van der Waals surface area contributed by atoms with Gasteiger partial charge in [-0.15, -0.1) is 0 Å². The molecule has 6 nitrogen and oxygen atoms in total. The second kappa shape index (κ2) is 11.5. The van der Waals surface area contributed by atoms with Crippen molar-refractivity contribution in [3.8, 4) is 17.6 Å². The topological polar surface area (TPSA) is 82.9 Å². The molecule has 1 fully saturated rings. The fourth-order valence-electron chi connectivity index (χ4n) is 4.79. The highest BCUT2D eigenvalue weighted by molar-refractivity contribution is 5.83. The van der Waals surface area contributed by atoms with E-state index in [2.05, 4.69) is 16.8 Å². The van der Waals surface area contributed by atoms with E-state index in [1.54, 1.807) is 19.4 Å². The highest BCUT2D eigenvalue weighted by atomic mass is 19.1. The molecule has 0 bridgehead atoms. The van der Waals surface area contributed by atoms with Gasteiger partial charge in [-0.25, -0.2) is 8.78 Å². The summed E-state index contributed by atoms with van der Waals surface area (Å²) in [5.41, 5.74) is 1.21. The first kappa shape index (κ1) is 25.5. The van der Waals surface area contributed by atoms with Crippen molar-refractivity contribution in [2.24, 2.45) is 11.8 Å². The molecule has 188 valence electrons. The first-order chi connectivity index (χ1) is 17.4. The Hall–Kier alpha value is -3.54. The average Bonchev–Trinajstić information content (AvgIpc) is 2.88. The number of ether oxygens (including phenoxy) is 1. The van der Waals surface area contributed by atoms with Crippen LogP contribution >= 0.6 is 0 Å². The second-order valence-corrected chi connectivity index (χ2v) is 9.00. The van der Waals surface area contributed by atoms with Gasteiger partial charge in [-0.2, -0.15) is 0 Å². The van der Waals surface area contributed by atoms with Crippen LogP contribution in [0.4, 0.5) is 8.78 Å². The third-order valence-corrected chi connectivity index (χ3v) is 6.79. The van der Waals surface area contributed by atoms with Crippen LogP contribution in [0.2, 0.25) is 0 Å². The van der Waals surface area contributed by atoms with Crippen molar-refractivity contribution < 1.29 is 28.5 Å². The maximum Gasteiger partial charge on any atom is 0.308 e. The maximum absolute atomic E-state index is 13.8. The maximum atomic E-state index is 13.8. The van der Waals surface area contributed by atoms with Crippen LogP contribution in [0.5, 0.6) is 5.75 Å². The van der Waals surface area contributed by atoms with Gasteiger partial charge in [0, 0.05) is 18.1 Å². The molecule has 8 heteroatoms. The Labute approximate surface area is 208 Å². The van der Waals surface area contributed by atoms with Crippen LogP contribution in [-0.4, -0.2) is 52.8 Å². The Morgan fingerprint density at radius 1 is 1.25 bits per heavy atom. The Bertz CT molecular complexity index is 1280. The lowest BCUT2D eigenvalue weighted by atomic mass is 9.81. The number of carboxylic acids is 1. The summed E-state index contributed by atoms with van der Waals surface area (Å²) in [6.07, 6.45) is 2.48. The SMILES string of the molecule is COc1ccc2nccc([C@@H](O)CC[C@@H]3CCN(CC#Cc4c(F)cccc4F)C[C@@H]3C(=O)O)c2c1. The Morgan fingerprint density at radius 3 is 2.75 bits per heavy atom. The molecule has 0 spiro atoms. The predicted molar refractivity (Wildman–Crippen MR) is 131 cm³/mol. The average molecular weight is 495 g/mol. The molecule has 0 radical (unpaired) electrons. The van der Waals surface area contributed by atoms with E-state index in [0.717, 1.165) is 28.6 Å². The molecule has 1 aromatic heterocycles. The van der Waals surface area contributed by atoms with Crippen LogP contribution in [0.15, 0.2) is 48.7 Å². The molecule has 0 saturated carbocycles. The summed E-state index contributed by atoms with van der Waals surface area (Å²) < 4.78 is 32.8. The van der Waals surface area contributed by atoms with Gasteiger partial charge in [-0.1, -0.05) is 17.9 Å². The number of hydrogen-bond acceptors (Lipinski definition) is 5. The number of hydrogen-bond donors (Lipinski definition) is 2. The number of carbonyl (C=O) groups is 1. The number of benzene rings is 2. The van der Waals surface area contributed by atoms with Crippen molar-refractivity contribution in [3.63, 3.8) is 0 Å². The minimum absolute atomic E-state index is 0.104. The van der Waals surface area contributed by atoms with Gasteiger partial charge in [0.25, 0.3) is 0 Å². The molecule has 1 aliphatic heterocycles. The number of aliphatic hydroxyl groups is 1. The van der Waals surface area contributed by atoms with Crippen molar-refractivity contribution in [1.29, 1.82) is 0 Å². The van der Waals surface area contributed by atoms with E-state index in [4.69, 9.17) is 4.74 Å². The van der Waals surface area contributed by atoms with Crippen LogP contribution in [0.3, 0.4) is 0 Å². The van der Waals surface area contributed by atoms with E-state index in [-0.39, 0.29) is 18.0 Å². The number of aliphatic carboxylic acids is 1. The standard InChI is InChI=1S/C28H28F2N2O4/c1-36-19-8-9-26-22(16-19)20(11-13-31-26)27(33)10-7-18-12-15-32(17-23(18)28(34)35)14-3-4-21-24(29)5-2-6-25(21)30/h2,5-6,8-9,11,13,16,18,23,27,33H,7,10,12,14-15,17H2,1H3,(H,34,35)/t18-,23+,27+/m1/s1. The van der Waals surface area contributed by atoms with E-state index in [9.17, 15) is 23.8 Å². The fraction of sp³-hybridized carbons (Fsp3) is 0.357. The van der Waals surface area contributed by atoms with Gasteiger partial charge >= 0.3 is 5.97 Å². The number of pyridine rings is 1. The number of carboxylic acid groups (broad SMARTS) is 1. The largest absolute Gasteiger partial charge is 0.497 e. The zero-order chi connectivity index (χ0) is 25.7. The first-order valence-electron chi connectivity index (χ1n) is 11.9. The molecule has 0 amide bonds. The van der Waals surface area contributed by atoms with E-state index in [1.165, 1.54) is 6.07 Å². The minimum atomic E-state index is -0.897. The van der Waals surface area contributed by atoms with Crippen LogP contribution in [0, 0.1) is 35.3 Å². The van der Waals surface area contributed by atoms with Crippen molar-refractivity contribution >= 4 is 16.9 Å². The molecule has 3 atom stereocenters. The summed E-state index contributed by atoms with van der Waals surface area (Å²) in [5, 5.41) is 21.6. The van der Waals surface area contributed by atoms with E-state index >= 15 is 0 Å². The van der Waals surface area contributed by atoms with Gasteiger partial charge in [-0.05, 0) is 73.7 Å². The molecular weight excluding hydrogens is 466 g/mol. The molecule has 2 aromatic carbocycles. The van der Waals surface area contributed by atoms with Crippen molar-refractivity contribution in [3.05, 3.63) is 71.4 Å². The number of aromatic nitrogens is 1. The number of halogens is 2. The second-order valence-electron chi connectivity index (χ2n) is 9.00. The Morgan fingerprint density at radius 2 is 2.03 bits per heavy atom. The summed E-state index contributed by atoms with van der Waals surface area (Å²) in [5.74, 6) is 2.91. The van der Waals surface area contributed by atoms with Gasteiger partial charge in [0.2, 0.25) is 0 Å². The van der Waals surface area contributed by atoms with Gasteiger partial charge < -0.3 is 14.9 Å². The normalized spacial score (nSPS) is 18.9. The predicted octanol–water partition coefficient (Wildman–Crippen LogP) is 4.41. The van der Waals surface area contributed by atoms with E-state index < -0.39 is 29.6 Å². The number of nitrogens with zero attached hydrogens (tertiary/aromatic N) is 2. The third kappa shape index (κ3) is 5.81. The number of methoxy groups -OCH3 is 1. The summed E-state index contributed by atoms with van der Waals surface area (Å²) in [6, 6.07) is 10.9. The molecule has 2 heterocycles. The van der Waals surface area contributed by atoms with Crippen LogP contribution in [0.25, 0.3) is 10.9 Å². The van der Waals surface area contributed by atoms with Crippen LogP contribution in [-0.2, 0) is 4.79 Å². The van der Waals surface area contributed by atoms with Gasteiger partial charge in [0.1, 0.15) is 17.4 Å². The Kier molecular flexibility index (Phi) is 8.14. The molecule has 4 rings (SSSR count). The fourth-order valence-corrected chi connectivity index (χ4v) is 4.79. The zero-order valence-corrected chi connectivity index (χ0v) is 20.0. The first-order valence-corrected chi connectivity index (χ1v) is 11.9. The lowest BCUT2D eigenvalue weighted by molar-refractivity contribution is -0.146. The van der Waals surface area contributed by atoms with Crippen LogP contribution in [0.1, 0.15) is 36.5 Å². The monoisotopic (exact) mass is 494 g/mol. The number of aliphatic hydroxyl groups excluding tert-OH is 1. The van der Waals surface area contributed by atoms with Crippen molar-refractivity contribution in [2.45, 2.75) is 25.4 Å². The zero-order valence-electron chi connectivity index (χ0n) is 20.0.